The van der Waals surface area contributed by atoms with Gasteiger partial charge in [-0.3, -0.25) is 4.57 Å². The molecular weight excluding hydrogens is 287 g/mol. The van der Waals surface area contributed by atoms with Crippen LogP contribution in [0.3, 0.4) is 0 Å². The average molecular weight is 292 g/mol. The lowest BCUT2D eigenvalue weighted by Crippen LogP contribution is -2.36. The van der Waals surface area contributed by atoms with Gasteiger partial charge in [0.05, 0.1) is 0 Å². The van der Waals surface area contributed by atoms with Crippen LogP contribution in [0, 0.1) is 0 Å². The van der Waals surface area contributed by atoms with Crippen molar-refractivity contribution >= 4 is 7.37 Å². The molecule has 0 bridgehead atoms. The summed E-state index contributed by atoms with van der Waals surface area (Å²) in [5, 5.41) is 0. The van der Waals surface area contributed by atoms with E-state index in [2.05, 4.69) is 0 Å². The molecule has 0 radical (unpaired) electrons. The summed E-state index contributed by atoms with van der Waals surface area (Å²) >= 11 is 0. The maximum Gasteiger partial charge on any atom is 0.463 e. The Kier molecular flexibility index (Phi) is 4.75. The molecule has 0 aliphatic rings. The highest BCUT2D eigenvalue weighted by Gasteiger charge is 2.68. The van der Waals surface area contributed by atoms with E-state index in [0.29, 0.717) is 0 Å². The second kappa shape index (κ2) is 4.93. The Morgan fingerprint density at radius 3 is 1.76 bits per heavy atom. The van der Waals surface area contributed by atoms with Crippen LogP contribution in [0.25, 0.3) is 0 Å². The van der Waals surface area contributed by atoms with Crippen molar-refractivity contribution in [3.05, 3.63) is 11.9 Å². The fourth-order valence-electron chi connectivity index (χ4n) is 0.683. The van der Waals surface area contributed by atoms with Crippen LogP contribution in [0.5, 0.6) is 0 Å². The van der Waals surface area contributed by atoms with Crippen molar-refractivity contribution in [2.75, 3.05) is 6.16 Å². The normalized spacial score (nSPS) is 16.5. The first-order chi connectivity index (χ1) is 7.33. The van der Waals surface area contributed by atoms with E-state index in [0.717, 1.165) is 0 Å². The number of hydrogen-bond acceptors (Lipinski definition) is 1. The van der Waals surface area contributed by atoms with Crippen LogP contribution in [0.1, 0.15) is 6.42 Å². The van der Waals surface area contributed by atoms with E-state index >= 15 is 0 Å². The van der Waals surface area contributed by atoms with Crippen molar-refractivity contribution < 1.29 is 44.6 Å². The number of alkyl halides is 5. The van der Waals surface area contributed by atoms with Gasteiger partial charge >= 0.3 is 17.9 Å². The van der Waals surface area contributed by atoms with E-state index in [9.17, 15) is 39.7 Å². The van der Waals surface area contributed by atoms with E-state index in [1.807, 2.05) is 0 Å². The molecule has 0 aliphatic heterocycles. The third kappa shape index (κ3) is 3.67. The van der Waals surface area contributed by atoms with Crippen LogP contribution < -0.4 is 0 Å². The predicted octanol–water partition coefficient (Wildman–Crippen LogP) is 3.88. The topological polar surface area (TPSA) is 37.3 Å². The summed E-state index contributed by atoms with van der Waals surface area (Å²) in [4.78, 5) is 8.46. The zero-order valence-electron chi connectivity index (χ0n) is 7.74. The fraction of sp³-hybridized carbons (Fsp3) is 0.667. The smallest absolute Gasteiger partial charge is 0.340 e. The Morgan fingerprint density at radius 2 is 1.47 bits per heavy atom. The van der Waals surface area contributed by atoms with Gasteiger partial charge in [0.2, 0.25) is 0 Å². The third-order valence-corrected chi connectivity index (χ3v) is 3.58. The molecule has 102 valence electrons. The maximum absolute atomic E-state index is 12.4. The van der Waals surface area contributed by atoms with Gasteiger partial charge in [-0.2, -0.15) is 30.7 Å². The van der Waals surface area contributed by atoms with Gasteiger partial charge < -0.3 is 4.89 Å². The van der Waals surface area contributed by atoms with Crippen molar-refractivity contribution in [2.45, 2.75) is 18.3 Å². The van der Waals surface area contributed by atoms with Crippen molar-refractivity contribution in [1.82, 2.24) is 0 Å². The van der Waals surface area contributed by atoms with E-state index in [1.165, 1.54) is 0 Å². The molecule has 2 nitrogen and oxygen atoms in total. The summed E-state index contributed by atoms with van der Waals surface area (Å²) in [6.45, 7) is 0. The molecule has 0 heterocycles. The standard InChI is InChI=1S/C6H5F8O2P/c7-3(4(8)9)1-2-17(15,16)6(13,14)5(10,11)12/h1-2H2,(H,15,16). The number of allylic oxidation sites excluding steroid dienone is 1. The summed E-state index contributed by atoms with van der Waals surface area (Å²) in [7, 11) is -6.18. The van der Waals surface area contributed by atoms with Crippen molar-refractivity contribution in [2.24, 2.45) is 0 Å². The minimum Gasteiger partial charge on any atom is -0.340 e. The lowest BCUT2D eigenvalue weighted by molar-refractivity contribution is -0.245. The highest BCUT2D eigenvalue weighted by molar-refractivity contribution is 7.59. The van der Waals surface area contributed by atoms with Crippen LogP contribution in [0.2, 0.25) is 0 Å². The van der Waals surface area contributed by atoms with Gasteiger partial charge in [0, 0.05) is 12.6 Å². The van der Waals surface area contributed by atoms with Gasteiger partial charge in [-0.05, 0) is 0 Å². The molecule has 17 heavy (non-hydrogen) atoms. The molecule has 0 fully saturated rings. The summed E-state index contributed by atoms with van der Waals surface area (Å²) < 4.78 is 106. The van der Waals surface area contributed by atoms with E-state index in [-0.39, 0.29) is 0 Å². The lowest BCUT2D eigenvalue weighted by Gasteiger charge is -2.24. The van der Waals surface area contributed by atoms with Gasteiger partial charge in [0.1, 0.15) is 0 Å². The number of hydrogen-bond donors (Lipinski definition) is 1. The van der Waals surface area contributed by atoms with Crippen molar-refractivity contribution in [1.29, 1.82) is 0 Å². The first-order valence-corrected chi connectivity index (χ1v) is 5.63. The quantitative estimate of drug-likeness (QED) is 0.630. The number of halogens is 8. The van der Waals surface area contributed by atoms with E-state index in [1.54, 1.807) is 0 Å². The minimum atomic E-state index is -6.31. The molecule has 0 saturated heterocycles. The predicted molar refractivity (Wildman–Crippen MR) is 40.7 cm³/mol. The Balaban J connectivity index is 4.94. The highest BCUT2D eigenvalue weighted by Crippen LogP contribution is 2.63. The summed E-state index contributed by atoms with van der Waals surface area (Å²) in [6, 6.07) is 0. The summed E-state index contributed by atoms with van der Waals surface area (Å²) in [5.41, 5.74) is -5.97. The molecule has 0 saturated carbocycles. The third-order valence-electron chi connectivity index (χ3n) is 1.62. The van der Waals surface area contributed by atoms with E-state index in [4.69, 9.17) is 4.89 Å². The Hall–Kier alpha value is -0.630. The van der Waals surface area contributed by atoms with Gasteiger partial charge in [-0.1, -0.05) is 0 Å². The van der Waals surface area contributed by atoms with Crippen LogP contribution in [-0.2, 0) is 4.57 Å². The van der Waals surface area contributed by atoms with Gasteiger partial charge in [-0.25, -0.2) is 4.39 Å². The summed E-state index contributed by atoms with van der Waals surface area (Å²) in [6.07, 6.45) is -12.9. The van der Waals surface area contributed by atoms with Gasteiger partial charge in [-0.15, -0.1) is 0 Å². The number of rotatable bonds is 4. The molecule has 0 rings (SSSR count). The molecule has 1 N–H and O–H groups in total. The average Bonchev–Trinajstić information content (AvgIpc) is 2.11. The largest absolute Gasteiger partial charge is 0.463 e. The highest BCUT2D eigenvalue weighted by atomic mass is 31.2. The molecular formula is C6H5F8O2P. The zero-order chi connectivity index (χ0) is 14.1. The molecule has 11 heteroatoms. The maximum atomic E-state index is 12.4. The SMILES string of the molecule is O=P(O)(CCC(F)=C(F)F)C(F)(F)C(F)(F)F. The van der Waals surface area contributed by atoms with Gasteiger partial charge in [0.15, 0.2) is 5.83 Å². The Morgan fingerprint density at radius 1 is 1.06 bits per heavy atom. The van der Waals surface area contributed by atoms with E-state index < -0.39 is 43.7 Å². The molecule has 0 aromatic heterocycles. The van der Waals surface area contributed by atoms with Crippen LogP contribution in [0.15, 0.2) is 11.9 Å². The second-order valence-electron chi connectivity index (χ2n) is 2.88. The summed E-state index contributed by atoms with van der Waals surface area (Å²) in [5.74, 6) is -2.31. The molecule has 0 aromatic rings. The van der Waals surface area contributed by atoms with Crippen molar-refractivity contribution in [3.63, 3.8) is 0 Å². The zero-order valence-corrected chi connectivity index (χ0v) is 8.64. The second-order valence-corrected chi connectivity index (χ2v) is 5.29. The molecule has 1 atom stereocenters. The molecule has 0 aliphatic carbocycles. The van der Waals surface area contributed by atoms with Crippen molar-refractivity contribution in [3.8, 4) is 0 Å². The van der Waals surface area contributed by atoms with Gasteiger partial charge in [0.25, 0.3) is 7.37 Å². The first kappa shape index (κ1) is 16.4. The Labute approximate surface area is 89.4 Å². The lowest BCUT2D eigenvalue weighted by atomic mass is 10.4. The first-order valence-electron chi connectivity index (χ1n) is 3.79. The molecule has 0 aromatic carbocycles. The van der Waals surface area contributed by atoms with Crippen LogP contribution >= 0.6 is 7.37 Å². The van der Waals surface area contributed by atoms with Crippen LogP contribution in [0.4, 0.5) is 35.1 Å². The molecule has 0 spiro atoms. The monoisotopic (exact) mass is 292 g/mol. The minimum absolute atomic E-state index is 1.68. The van der Waals surface area contributed by atoms with Crippen LogP contribution in [-0.4, -0.2) is 22.9 Å². The fourth-order valence-corrected chi connectivity index (χ4v) is 1.86. The molecule has 1 unspecified atom stereocenters. The Bertz CT molecular complexity index is 356. The molecule has 0 amide bonds.